The van der Waals surface area contributed by atoms with Crippen molar-refractivity contribution >= 4 is 0 Å². The largest absolute Gasteiger partial charge is 0.366 e. The third-order valence-corrected chi connectivity index (χ3v) is 1.32. The molecule has 0 aromatic carbocycles. The van der Waals surface area contributed by atoms with E-state index >= 15 is 0 Å². The van der Waals surface area contributed by atoms with Crippen molar-refractivity contribution in [3.05, 3.63) is 6.10 Å². The van der Waals surface area contributed by atoms with Crippen molar-refractivity contribution in [1.82, 2.24) is 0 Å². The van der Waals surface area contributed by atoms with Gasteiger partial charge >= 0.3 is 0 Å². The molecule has 0 heterocycles. The first-order chi connectivity index (χ1) is 4.29. The van der Waals surface area contributed by atoms with Crippen molar-refractivity contribution in [2.45, 2.75) is 25.7 Å². The number of halogens is 2. The molecule has 3 heteroatoms. The number of hydrogen-bond donors (Lipinski definition) is 0. The Labute approximate surface area is 53.0 Å². The molecule has 1 radical (unpaired) electrons. The first-order valence-electron chi connectivity index (χ1n) is 3.04. The average Bonchev–Trinajstić information content (AvgIpc) is 1.60. The number of hydrogen-bond acceptors (Lipinski definition) is 1. The minimum absolute atomic E-state index is 0.421. The molecule has 0 atom stereocenters. The Morgan fingerprint density at radius 1 is 1.44 bits per heavy atom. The molecule has 9 heavy (non-hydrogen) atoms. The highest BCUT2D eigenvalue weighted by Crippen LogP contribution is 2.29. The highest BCUT2D eigenvalue weighted by atomic mass is 19.3. The molecule has 0 unspecified atom stereocenters. The Morgan fingerprint density at radius 2 is 2.11 bits per heavy atom. The van der Waals surface area contributed by atoms with Crippen LogP contribution in [0, 0.1) is 6.10 Å². The van der Waals surface area contributed by atoms with E-state index in [2.05, 4.69) is 0 Å². The van der Waals surface area contributed by atoms with Crippen LogP contribution in [0.1, 0.15) is 19.3 Å². The molecule has 0 aromatic heterocycles. The maximum Gasteiger partial charge on any atom is 0.261 e. The zero-order valence-electron chi connectivity index (χ0n) is 5.07. The van der Waals surface area contributed by atoms with Gasteiger partial charge in [0, 0.05) is 0 Å². The summed E-state index contributed by atoms with van der Waals surface area (Å²) in [5, 5.41) is 0. The van der Waals surface area contributed by atoms with Crippen LogP contribution < -0.4 is 0 Å². The molecule has 0 aliphatic heterocycles. The molecule has 0 aromatic rings. The summed E-state index contributed by atoms with van der Waals surface area (Å²) in [7, 11) is 0. The molecule has 1 nitrogen and oxygen atoms in total. The monoisotopic (exact) mass is 135 g/mol. The van der Waals surface area contributed by atoms with Gasteiger partial charge in [0.15, 0.2) is 0 Å². The highest BCUT2D eigenvalue weighted by molar-refractivity contribution is 4.88. The first kappa shape index (κ1) is 6.93. The summed E-state index contributed by atoms with van der Waals surface area (Å²) in [6, 6.07) is 0. The standard InChI is InChI=1S/C6H9F2O/c7-6(8)4-9-5-2-1-3-5/h6H,1-4H2. The SMILES string of the molecule is FC(F)CO[C]1CCC1. The molecule has 1 fully saturated rings. The van der Waals surface area contributed by atoms with Crippen LogP contribution in [-0.4, -0.2) is 13.0 Å². The molecule has 1 saturated carbocycles. The summed E-state index contributed by atoms with van der Waals surface area (Å²) < 4.78 is 27.5. The van der Waals surface area contributed by atoms with Gasteiger partial charge in [-0.15, -0.1) is 0 Å². The number of ether oxygens (including phenoxy) is 1. The molecule has 0 saturated heterocycles. The van der Waals surface area contributed by atoms with Crippen LogP contribution in [0.3, 0.4) is 0 Å². The molecule has 0 spiro atoms. The maximum absolute atomic E-state index is 11.4. The summed E-state index contributed by atoms with van der Waals surface area (Å²) in [6.07, 6.45) is 1.38. The Balaban J connectivity index is 1.91. The van der Waals surface area contributed by atoms with Gasteiger partial charge in [-0.3, -0.25) is 0 Å². The third-order valence-electron chi connectivity index (χ3n) is 1.32. The van der Waals surface area contributed by atoms with E-state index in [9.17, 15) is 8.78 Å². The van der Waals surface area contributed by atoms with E-state index < -0.39 is 13.0 Å². The lowest BCUT2D eigenvalue weighted by Crippen LogP contribution is -2.16. The Kier molecular flexibility index (Phi) is 2.39. The van der Waals surface area contributed by atoms with Gasteiger partial charge in [0.25, 0.3) is 6.43 Å². The van der Waals surface area contributed by atoms with Gasteiger partial charge in [-0.05, 0) is 19.3 Å². The number of rotatable bonds is 3. The summed E-state index contributed by atoms with van der Waals surface area (Å²) in [6.45, 7) is -0.421. The van der Waals surface area contributed by atoms with Gasteiger partial charge in [-0.2, -0.15) is 0 Å². The van der Waals surface area contributed by atoms with Crippen LogP contribution in [0.25, 0.3) is 0 Å². The zero-order valence-corrected chi connectivity index (χ0v) is 5.07. The van der Waals surface area contributed by atoms with E-state index in [-0.39, 0.29) is 0 Å². The average molecular weight is 135 g/mol. The molecule has 0 amide bonds. The zero-order chi connectivity index (χ0) is 6.69. The van der Waals surface area contributed by atoms with Gasteiger partial charge < -0.3 is 4.74 Å². The molecule has 0 N–H and O–H groups in total. The predicted octanol–water partition coefficient (Wildman–Crippen LogP) is 1.98. The molecular weight excluding hydrogens is 126 g/mol. The van der Waals surface area contributed by atoms with Crippen molar-refractivity contribution in [3.8, 4) is 0 Å². The van der Waals surface area contributed by atoms with Crippen molar-refractivity contribution < 1.29 is 13.5 Å². The van der Waals surface area contributed by atoms with Crippen LogP contribution in [0.15, 0.2) is 0 Å². The minimum atomic E-state index is -2.32. The van der Waals surface area contributed by atoms with E-state index in [1.165, 1.54) is 0 Å². The van der Waals surface area contributed by atoms with Crippen LogP contribution in [0.2, 0.25) is 0 Å². The second kappa shape index (κ2) is 3.11. The molecule has 1 aliphatic rings. The third kappa shape index (κ3) is 2.26. The van der Waals surface area contributed by atoms with Crippen LogP contribution in [-0.2, 0) is 4.74 Å². The molecule has 0 bridgehead atoms. The summed E-state index contributed by atoms with van der Waals surface area (Å²) in [5.41, 5.74) is 0. The lowest BCUT2D eigenvalue weighted by Gasteiger charge is -2.23. The van der Waals surface area contributed by atoms with E-state index in [4.69, 9.17) is 4.74 Å². The fourth-order valence-corrected chi connectivity index (χ4v) is 0.646. The van der Waals surface area contributed by atoms with Crippen LogP contribution in [0.5, 0.6) is 0 Å². The van der Waals surface area contributed by atoms with Crippen molar-refractivity contribution in [2.24, 2.45) is 0 Å². The second-order valence-corrected chi connectivity index (χ2v) is 2.09. The summed E-state index contributed by atoms with van der Waals surface area (Å²) in [5.74, 6) is 0. The van der Waals surface area contributed by atoms with Crippen molar-refractivity contribution in [1.29, 1.82) is 0 Å². The van der Waals surface area contributed by atoms with E-state index in [1.54, 1.807) is 0 Å². The molecule has 1 rings (SSSR count). The fraction of sp³-hybridized carbons (Fsp3) is 0.833. The van der Waals surface area contributed by atoms with Crippen LogP contribution >= 0.6 is 0 Å². The molecule has 53 valence electrons. The Bertz CT molecular complexity index is 81.1. The van der Waals surface area contributed by atoms with E-state index in [1.807, 2.05) is 0 Å². The van der Waals surface area contributed by atoms with Gasteiger partial charge in [-0.1, -0.05) is 0 Å². The van der Waals surface area contributed by atoms with Gasteiger partial charge in [-0.25, -0.2) is 8.78 Å². The van der Waals surface area contributed by atoms with Crippen molar-refractivity contribution in [2.75, 3.05) is 6.61 Å². The van der Waals surface area contributed by atoms with Gasteiger partial charge in [0.2, 0.25) is 0 Å². The normalized spacial score (nSPS) is 20.3. The lowest BCUT2D eigenvalue weighted by molar-refractivity contribution is 0.00221. The molecular formula is C6H9F2O. The fourth-order valence-electron chi connectivity index (χ4n) is 0.646. The topological polar surface area (TPSA) is 9.23 Å². The van der Waals surface area contributed by atoms with Crippen LogP contribution in [0.4, 0.5) is 8.78 Å². The second-order valence-electron chi connectivity index (χ2n) is 2.09. The summed E-state index contributed by atoms with van der Waals surface area (Å²) >= 11 is 0. The Hall–Kier alpha value is -0.180. The van der Waals surface area contributed by atoms with E-state index in [0.29, 0.717) is 0 Å². The molecule has 1 aliphatic carbocycles. The van der Waals surface area contributed by atoms with E-state index in [0.717, 1.165) is 25.4 Å². The smallest absolute Gasteiger partial charge is 0.261 e. The Morgan fingerprint density at radius 3 is 2.44 bits per heavy atom. The summed E-state index contributed by atoms with van der Waals surface area (Å²) in [4.78, 5) is 0. The number of alkyl halides is 2. The maximum atomic E-state index is 11.4. The predicted molar refractivity (Wildman–Crippen MR) is 29.0 cm³/mol. The highest BCUT2D eigenvalue weighted by Gasteiger charge is 2.20. The van der Waals surface area contributed by atoms with Gasteiger partial charge in [0.1, 0.15) is 6.61 Å². The first-order valence-corrected chi connectivity index (χ1v) is 3.04. The quantitative estimate of drug-likeness (QED) is 0.575. The minimum Gasteiger partial charge on any atom is -0.366 e. The van der Waals surface area contributed by atoms with Crippen molar-refractivity contribution in [3.63, 3.8) is 0 Å². The lowest BCUT2D eigenvalue weighted by atomic mass is 9.96. The van der Waals surface area contributed by atoms with Gasteiger partial charge in [0.05, 0.1) is 6.10 Å².